The van der Waals surface area contributed by atoms with Gasteiger partial charge < -0.3 is 4.90 Å². The van der Waals surface area contributed by atoms with Crippen molar-refractivity contribution >= 4 is 23.0 Å². The third-order valence-corrected chi connectivity index (χ3v) is 4.29. The molecule has 0 N–H and O–H groups in total. The fourth-order valence-electron chi connectivity index (χ4n) is 3.07. The van der Waals surface area contributed by atoms with Crippen molar-refractivity contribution in [2.24, 2.45) is 9.98 Å². The van der Waals surface area contributed by atoms with Gasteiger partial charge in [0.1, 0.15) is 11.4 Å². The van der Waals surface area contributed by atoms with E-state index in [-0.39, 0.29) is 5.78 Å². The molecule has 122 valence electrons. The largest absolute Gasteiger partial charge is 0.347 e. The molecule has 3 rings (SSSR count). The topological polar surface area (TPSA) is 45.0 Å². The summed E-state index contributed by atoms with van der Waals surface area (Å²) in [5.74, 6) is 0.633. The first kappa shape index (κ1) is 16.1. The Morgan fingerprint density at radius 3 is 2.25 bits per heavy atom. The summed E-state index contributed by atoms with van der Waals surface area (Å²) in [6.07, 6.45) is 3.80. The van der Waals surface area contributed by atoms with Crippen LogP contribution in [-0.4, -0.2) is 36.4 Å². The van der Waals surface area contributed by atoms with Crippen molar-refractivity contribution in [1.29, 1.82) is 0 Å². The summed E-state index contributed by atoms with van der Waals surface area (Å²) in [7, 11) is 3.81. The van der Waals surface area contributed by atoms with Crippen molar-refractivity contribution in [1.82, 2.24) is 4.90 Å². The highest BCUT2D eigenvalue weighted by molar-refractivity contribution is 6.45. The van der Waals surface area contributed by atoms with Crippen LogP contribution in [0.25, 0.3) is 5.57 Å². The van der Waals surface area contributed by atoms with Crippen LogP contribution in [0.15, 0.2) is 63.2 Å². The summed E-state index contributed by atoms with van der Waals surface area (Å²) in [6.45, 7) is 5.83. The Kier molecular flexibility index (Phi) is 4.06. The molecular formula is C20H21N3O. The first-order valence-corrected chi connectivity index (χ1v) is 8.03. The molecule has 4 heteroatoms. The molecule has 0 amide bonds. The second-order valence-electron chi connectivity index (χ2n) is 6.04. The molecule has 0 aromatic heterocycles. The number of hydrogen-bond acceptors (Lipinski definition) is 4. The Balaban J connectivity index is 2.36. The molecule has 1 aromatic rings. The van der Waals surface area contributed by atoms with Crippen LogP contribution in [0.2, 0.25) is 0 Å². The molecule has 1 heterocycles. The van der Waals surface area contributed by atoms with E-state index >= 15 is 0 Å². The molecule has 0 bridgehead atoms. The maximum Gasteiger partial charge on any atom is 0.226 e. The summed E-state index contributed by atoms with van der Waals surface area (Å²) < 4.78 is 0. The lowest BCUT2D eigenvalue weighted by Crippen LogP contribution is -2.22. The summed E-state index contributed by atoms with van der Waals surface area (Å²) in [6, 6.07) is 7.92. The van der Waals surface area contributed by atoms with Crippen molar-refractivity contribution in [3.05, 3.63) is 64.4 Å². The van der Waals surface area contributed by atoms with E-state index in [1.165, 1.54) is 0 Å². The summed E-state index contributed by atoms with van der Waals surface area (Å²) in [4.78, 5) is 24.4. The van der Waals surface area contributed by atoms with E-state index in [9.17, 15) is 4.79 Å². The van der Waals surface area contributed by atoms with E-state index in [0.717, 1.165) is 22.4 Å². The minimum Gasteiger partial charge on any atom is -0.347 e. The molecule has 0 radical (unpaired) electrons. The van der Waals surface area contributed by atoms with E-state index in [4.69, 9.17) is 0 Å². The number of carbonyl (C=O) groups excluding carboxylic acids is 1. The van der Waals surface area contributed by atoms with Gasteiger partial charge in [-0.1, -0.05) is 36.4 Å². The zero-order valence-corrected chi connectivity index (χ0v) is 14.7. The Bertz CT molecular complexity index is 880. The first-order chi connectivity index (χ1) is 11.5. The predicted molar refractivity (Wildman–Crippen MR) is 99.2 cm³/mol. The maximum atomic E-state index is 13.2. The molecule has 1 aliphatic heterocycles. The Morgan fingerprint density at radius 2 is 1.67 bits per heavy atom. The van der Waals surface area contributed by atoms with E-state index in [1.54, 1.807) is 0 Å². The minimum atomic E-state index is 0.0117. The van der Waals surface area contributed by atoms with Crippen molar-refractivity contribution in [2.75, 3.05) is 14.1 Å². The number of aryl methyl sites for hydroxylation is 1. The smallest absolute Gasteiger partial charge is 0.226 e. The van der Waals surface area contributed by atoms with E-state index in [0.29, 0.717) is 22.8 Å². The maximum absolute atomic E-state index is 13.2. The van der Waals surface area contributed by atoms with Gasteiger partial charge in [-0.3, -0.25) is 4.79 Å². The molecule has 0 fully saturated rings. The molecule has 0 unspecified atom stereocenters. The van der Waals surface area contributed by atoms with Crippen molar-refractivity contribution in [3.63, 3.8) is 0 Å². The number of hydrogen-bond donors (Lipinski definition) is 0. The number of ketones is 1. The fourth-order valence-corrected chi connectivity index (χ4v) is 3.07. The van der Waals surface area contributed by atoms with E-state index in [2.05, 4.69) is 9.98 Å². The third kappa shape index (κ3) is 2.35. The predicted octanol–water partition coefficient (Wildman–Crippen LogP) is 3.55. The van der Waals surface area contributed by atoms with Crippen LogP contribution in [0, 0.1) is 6.92 Å². The van der Waals surface area contributed by atoms with Gasteiger partial charge in [-0.2, -0.15) is 0 Å². The minimum absolute atomic E-state index is 0.0117. The summed E-state index contributed by atoms with van der Waals surface area (Å²) in [5.41, 5.74) is 5.62. The van der Waals surface area contributed by atoms with Gasteiger partial charge in [0.25, 0.3) is 0 Å². The Hall–Kier alpha value is -2.75. The van der Waals surface area contributed by atoms with Gasteiger partial charge >= 0.3 is 0 Å². The second kappa shape index (κ2) is 6.04. The SMILES string of the molecule is C/C=C1/C(=O)C(c2ccccc2C)=C2N=C(N(C)C)N=C2/C1=C/C. The van der Waals surface area contributed by atoms with Gasteiger partial charge in [0, 0.05) is 25.2 Å². The van der Waals surface area contributed by atoms with Crippen LogP contribution in [0.1, 0.15) is 25.0 Å². The molecular weight excluding hydrogens is 298 g/mol. The van der Waals surface area contributed by atoms with Crippen LogP contribution >= 0.6 is 0 Å². The van der Waals surface area contributed by atoms with Gasteiger partial charge in [0.2, 0.25) is 5.96 Å². The number of allylic oxidation sites excluding steroid dienone is 5. The molecule has 0 saturated carbocycles. The fraction of sp³-hybridized carbons (Fsp3) is 0.250. The van der Waals surface area contributed by atoms with Crippen LogP contribution < -0.4 is 0 Å². The van der Waals surface area contributed by atoms with Gasteiger partial charge in [0.05, 0.1) is 5.57 Å². The van der Waals surface area contributed by atoms with Gasteiger partial charge in [-0.25, -0.2) is 9.98 Å². The molecule has 1 aliphatic carbocycles. The van der Waals surface area contributed by atoms with Crippen LogP contribution in [0.5, 0.6) is 0 Å². The van der Waals surface area contributed by atoms with Gasteiger partial charge in [0.15, 0.2) is 5.78 Å². The van der Waals surface area contributed by atoms with Crippen LogP contribution in [-0.2, 0) is 4.79 Å². The molecule has 1 aromatic carbocycles. The number of carbonyl (C=O) groups is 1. The van der Waals surface area contributed by atoms with E-state index < -0.39 is 0 Å². The molecule has 24 heavy (non-hydrogen) atoms. The lowest BCUT2D eigenvalue weighted by molar-refractivity contribution is -0.110. The van der Waals surface area contributed by atoms with Crippen molar-refractivity contribution in [3.8, 4) is 0 Å². The summed E-state index contributed by atoms with van der Waals surface area (Å²) in [5, 5.41) is 0. The zero-order chi connectivity index (χ0) is 17.4. The number of benzene rings is 1. The van der Waals surface area contributed by atoms with Crippen molar-refractivity contribution in [2.45, 2.75) is 20.8 Å². The standard InChI is InChI=1S/C20H21N3O/c1-6-13-14(7-2)19(24)16(15-11-9-8-10-12(15)3)18-17(13)21-20(22-18)23(4)5/h6-11H,1-5H3/b13-6+,14-7+. The van der Waals surface area contributed by atoms with E-state index in [1.807, 2.05) is 76.2 Å². The Labute approximate surface area is 142 Å². The highest BCUT2D eigenvalue weighted by Gasteiger charge is 2.36. The average Bonchev–Trinajstić information content (AvgIpc) is 2.99. The summed E-state index contributed by atoms with van der Waals surface area (Å²) >= 11 is 0. The quantitative estimate of drug-likeness (QED) is 0.743. The average molecular weight is 319 g/mol. The monoisotopic (exact) mass is 319 g/mol. The van der Waals surface area contributed by atoms with Crippen molar-refractivity contribution < 1.29 is 4.79 Å². The molecule has 0 atom stereocenters. The van der Waals surface area contributed by atoms with Gasteiger partial charge in [-0.05, 0) is 31.9 Å². The number of nitrogens with zero attached hydrogens (tertiary/aromatic N) is 3. The Morgan fingerprint density at radius 1 is 1.00 bits per heavy atom. The number of Topliss-reactive ketones (excluding diaryl/α,β-unsaturated/α-hetero) is 1. The molecule has 4 nitrogen and oxygen atoms in total. The lowest BCUT2D eigenvalue weighted by Gasteiger charge is -2.22. The third-order valence-electron chi connectivity index (χ3n) is 4.29. The first-order valence-electron chi connectivity index (χ1n) is 8.03. The number of aliphatic imine (C=N–C) groups is 2. The highest BCUT2D eigenvalue weighted by atomic mass is 16.1. The highest BCUT2D eigenvalue weighted by Crippen LogP contribution is 2.38. The molecule has 2 aliphatic rings. The second-order valence-corrected chi connectivity index (χ2v) is 6.04. The van der Waals surface area contributed by atoms with Crippen LogP contribution in [0.3, 0.4) is 0 Å². The molecule has 0 saturated heterocycles. The van der Waals surface area contributed by atoms with Crippen LogP contribution in [0.4, 0.5) is 0 Å². The zero-order valence-electron chi connectivity index (χ0n) is 14.7. The molecule has 0 spiro atoms. The normalized spacial score (nSPS) is 20.5. The number of fused-ring (bicyclic) bond motifs is 1. The number of rotatable bonds is 1. The number of guanidine groups is 1. The van der Waals surface area contributed by atoms with Gasteiger partial charge in [-0.15, -0.1) is 0 Å². The lowest BCUT2D eigenvalue weighted by atomic mass is 9.80.